The van der Waals surface area contributed by atoms with Gasteiger partial charge in [0.2, 0.25) is 0 Å². The predicted molar refractivity (Wildman–Crippen MR) is 76.9 cm³/mol. The molecule has 0 bridgehead atoms. The second kappa shape index (κ2) is 7.60. The number of nitrogens with zero attached hydrogens (tertiary/aromatic N) is 1. The first-order valence-corrected chi connectivity index (χ1v) is 7.20. The van der Waals surface area contributed by atoms with Crippen molar-refractivity contribution >= 4 is 12.4 Å². The van der Waals surface area contributed by atoms with E-state index in [9.17, 15) is 0 Å². The summed E-state index contributed by atoms with van der Waals surface area (Å²) in [5, 5.41) is 3.45. The number of halogens is 1. The molecule has 3 heteroatoms. The Balaban J connectivity index is 0.00000144. The van der Waals surface area contributed by atoms with Crippen molar-refractivity contribution in [3.8, 4) is 0 Å². The van der Waals surface area contributed by atoms with Gasteiger partial charge in [0.15, 0.2) is 0 Å². The zero-order valence-electron chi connectivity index (χ0n) is 11.5. The first kappa shape index (κ1) is 15.3. The second-order valence-electron chi connectivity index (χ2n) is 6.01. The topological polar surface area (TPSA) is 15.3 Å². The molecule has 2 nitrogen and oxygen atoms in total. The summed E-state index contributed by atoms with van der Waals surface area (Å²) < 4.78 is 0. The Kier molecular flexibility index (Phi) is 6.83. The number of piperidine rings is 2. The van der Waals surface area contributed by atoms with Crippen molar-refractivity contribution < 1.29 is 0 Å². The molecule has 17 heavy (non-hydrogen) atoms. The summed E-state index contributed by atoms with van der Waals surface area (Å²) in [6.07, 6.45) is 7.08. The smallest absolute Gasteiger partial charge is 0.00671 e. The molecule has 0 aromatic carbocycles. The van der Waals surface area contributed by atoms with E-state index in [1.54, 1.807) is 0 Å². The van der Waals surface area contributed by atoms with Crippen molar-refractivity contribution in [3.05, 3.63) is 0 Å². The molecule has 102 valence electrons. The van der Waals surface area contributed by atoms with Crippen LogP contribution >= 0.6 is 12.4 Å². The van der Waals surface area contributed by atoms with E-state index in [1.165, 1.54) is 58.3 Å². The summed E-state index contributed by atoms with van der Waals surface area (Å²) in [5.74, 6) is 1.91. The average molecular weight is 261 g/mol. The van der Waals surface area contributed by atoms with Gasteiger partial charge in [0.25, 0.3) is 0 Å². The van der Waals surface area contributed by atoms with E-state index in [0.29, 0.717) is 0 Å². The lowest BCUT2D eigenvalue weighted by molar-refractivity contribution is 0.114. The largest absolute Gasteiger partial charge is 0.317 e. The zero-order valence-corrected chi connectivity index (χ0v) is 12.3. The van der Waals surface area contributed by atoms with Crippen LogP contribution in [0.1, 0.15) is 46.0 Å². The fourth-order valence-corrected chi connectivity index (χ4v) is 3.21. The van der Waals surface area contributed by atoms with Crippen LogP contribution in [-0.2, 0) is 0 Å². The van der Waals surface area contributed by atoms with E-state index in [4.69, 9.17) is 0 Å². The van der Waals surface area contributed by atoms with Crippen LogP contribution in [0, 0.1) is 11.8 Å². The summed E-state index contributed by atoms with van der Waals surface area (Å²) in [6.45, 7) is 9.99. The van der Waals surface area contributed by atoms with Gasteiger partial charge in [-0.1, -0.05) is 6.92 Å². The van der Waals surface area contributed by atoms with Gasteiger partial charge in [-0.05, 0) is 70.5 Å². The van der Waals surface area contributed by atoms with E-state index < -0.39 is 0 Å². The predicted octanol–water partition coefficient (Wildman–Crippen LogP) is 2.92. The van der Waals surface area contributed by atoms with Crippen LogP contribution in [0.25, 0.3) is 0 Å². The summed E-state index contributed by atoms with van der Waals surface area (Å²) in [5.41, 5.74) is 0. The highest BCUT2D eigenvalue weighted by Gasteiger charge is 2.23. The van der Waals surface area contributed by atoms with Crippen molar-refractivity contribution in [1.82, 2.24) is 10.2 Å². The quantitative estimate of drug-likeness (QED) is 0.840. The molecule has 2 aliphatic rings. The Morgan fingerprint density at radius 3 is 2.47 bits per heavy atom. The molecular formula is C14H29ClN2. The number of rotatable bonds is 3. The minimum atomic E-state index is 0. The number of likely N-dealkylation sites (tertiary alicyclic amines) is 1. The first-order valence-electron chi connectivity index (χ1n) is 7.20. The van der Waals surface area contributed by atoms with Gasteiger partial charge in [-0.15, -0.1) is 12.4 Å². The van der Waals surface area contributed by atoms with Crippen molar-refractivity contribution in [2.24, 2.45) is 11.8 Å². The molecule has 1 N–H and O–H groups in total. The third kappa shape index (κ3) is 4.76. The summed E-state index contributed by atoms with van der Waals surface area (Å²) in [7, 11) is 0. The SMILES string of the molecule is CC1CCC(C)N(CCC2CCNCC2)C1.Cl. The normalized spacial score (nSPS) is 32.1. The molecule has 2 rings (SSSR count). The van der Waals surface area contributed by atoms with E-state index >= 15 is 0 Å². The lowest BCUT2D eigenvalue weighted by Crippen LogP contribution is -2.42. The van der Waals surface area contributed by atoms with E-state index in [1.807, 2.05) is 0 Å². The monoisotopic (exact) mass is 260 g/mol. The summed E-state index contributed by atoms with van der Waals surface area (Å²) >= 11 is 0. The van der Waals surface area contributed by atoms with Crippen molar-refractivity contribution in [2.75, 3.05) is 26.2 Å². The number of hydrogen-bond acceptors (Lipinski definition) is 2. The van der Waals surface area contributed by atoms with Crippen LogP contribution in [0.3, 0.4) is 0 Å². The molecule has 0 aliphatic carbocycles. The second-order valence-corrected chi connectivity index (χ2v) is 6.01. The molecule has 0 aromatic heterocycles. The van der Waals surface area contributed by atoms with Crippen LogP contribution < -0.4 is 5.32 Å². The molecular weight excluding hydrogens is 232 g/mol. The average Bonchev–Trinajstić information content (AvgIpc) is 2.32. The lowest BCUT2D eigenvalue weighted by atomic mass is 9.91. The maximum atomic E-state index is 3.45. The van der Waals surface area contributed by atoms with Gasteiger partial charge >= 0.3 is 0 Å². The highest BCUT2D eigenvalue weighted by molar-refractivity contribution is 5.85. The van der Waals surface area contributed by atoms with Crippen LogP contribution in [0.15, 0.2) is 0 Å². The maximum Gasteiger partial charge on any atom is 0.00671 e. The standard InChI is InChI=1S/C14H28N2.ClH/c1-12-3-4-13(2)16(11-12)10-7-14-5-8-15-9-6-14;/h12-15H,3-11H2,1-2H3;1H. The van der Waals surface area contributed by atoms with Gasteiger partial charge in [-0.3, -0.25) is 0 Å². The number of nitrogens with one attached hydrogen (secondary N) is 1. The molecule has 0 amide bonds. The van der Waals surface area contributed by atoms with Gasteiger partial charge in [0, 0.05) is 12.6 Å². The van der Waals surface area contributed by atoms with Gasteiger partial charge in [0.1, 0.15) is 0 Å². The fourth-order valence-electron chi connectivity index (χ4n) is 3.21. The van der Waals surface area contributed by atoms with Gasteiger partial charge in [0.05, 0.1) is 0 Å². The summed E-state index contributed by atoms with van der Waals surface area (Å²) in [6, 6.07) is 0.831. The third-order valence-electron chi connectivity index (χ3n) is 4.53. The van der Waals surface area contributed by atoms with Gasteiger partial charge < -0.3 is 10.2 Å². The molecule has 0 spiro atoms. The Morgan fingerprint density at radius 1 is 1.06 bits per heavy atom. The minimum Gasteiger partial charge on any atom is -0.317 e. The molecule has 0 aromatic rings. The Morgan fingerprint density at radius 2 is 1.76 bits per heavy atom. The summed E-state index contributed by atoms with van der Waals surface area (Å²) in [4.78, 5) is 2.73. The third-order valence-corrected chi connectivity index (χ3v) is 4.53. The van der Waals surface area contributed by atoms with Gasteiger partial charge in [-0.25, -0.2) is 0 Å². The van der Waals surface area contributed by atoms with Crippen LogP contribution in [0.5, 0.6) is 0 Å². The molecule has 2 fully saturated rings. The zero-order chi connectivity index (χ0) is 11.4. The van der Waals surface area contributed by atoms with Crippen molar-refractivity contribution in [3.63, 3.8) is 0 Å². The Labute approximate surface area is 113 Å². The van der Waals surface area contributed by atoms with Crippen molar-refractivity contribution in [2.45, 2.75) is 52.0 Å². The molecule has 2 atom stereocenters. The molecule has 2 unspecified atom stereocenters. The maximum absolute atomic E-state index is 3.45. The highest BCUT2D eigenvalue weighted by atomic mass is 35.5. The molecule has 2 aliphatic heterocycles. The lowest BCUT2D eigenvalue weighted by Gasteiger charge is -2.37. The molecule has 2 saturated heterocycles. The Hall–Kier alpha value is 0.210. The van der Waals surface area contributed by atoms with Gasteiger partial charge in [-0.2, -0.15) is 0 Å². The first-order chi connectivity index (χ1) is 7.75. The van der Waals surface area contributed by atoms with E-state index in [2.05, 4.69) is 24.1 Å². The van der Waals surface area contributed by atoms with Crippen molar-refractivity contribution in [1.29, 1.82) is 0 Å². The molecule has 0 radical (unpaired) electrons. The van der Waals surface area contributed by atoms with E-state index in [0.717, 1.165) is 17.9 Å². The van der Waals surface area contributed by atoms with Crippen LogP contribution in [-0.4, -0.2) is 37.1 Å². The Bertz CT molecular complexity index is 204. The van der Waals surface area contributed by atoms with E-state index in [-0.39, 0.29) is 12.4 Å². The number of hydrogen-bond donors (Lipinski definition) is 1. The van der Waals surface area contributed by atoms with Crippen LogP contribution in [0.2, 0.25) is 0 Å². The molecule has 2 heterocycles. The highest BCUT2D eigenvalue weighted by Crippen LogP contribution is 2.23. The minimum absolute atomic E-state index is 0. The fraction of sp³-hybridized carbons (Fsp3) is 1.00. The molecule has 0 saturated carbocycles. The van der Waals surface area contributed by atoms with Crippen LogP contribution in [0.4, 0.5) is 0 Å².